The van der Waals surface area contributed by atoms with Gasteiger partial charge < -0.3 is 0 Å². The molecule has 1 saturated carbocycles. The van der Waals surface area contributed by atoms with E-state index in [1.165, 1.54) is 56.8 Å². The van der Waals surface area contributed by atoms with Gasteiger partial charge in [0.05, 0.1) is 0 Å². The van der Waals surface area contributed by atoms with Crippen LogP contribution in [-0.2, 0) is 4.79 Å². The van der Waals surface area contributed by atoms with Crippen LogP contribution in [0.4, 0.5) is 0 Å². The van der Waals surface area contributed by atoms with Crippen molar-refractivity contribution < 1.29 is 4.79 Å². The predicted octanol–water partition coefficient (Wildman–Crippen LogP) is 6.77. The fourth-order valence-electron chi connectivity index (χ4n) is 3.52. The SMILES string of the molecule is Cc1cccc(I)c1-c1c(C)cccc1SC(=O)C1CCCCC1. The van der Waals surface area contributed by atoms with E-state index in [0.717, 1.165) is 17.7 Å². The number of aryl methyl sites for hydroxylation is 2. The topological polar surface area (TPSA) is 17.1 Å². The molecule has 0 radical (unpaired) electrons. The molecule has 24 heavy (non-hydrogen) atoms. The van der Waals surface area contributed by atoms with Crippen LogP contribution in [0.3, 0.4) is 0 Å². The molecule has 3 heteroatoms. The van der Waals surface area contributed by atoms with Crippen LogP contribution in [0.15, 0.2) is 41.3 Å². The van der Waals surface area contributed by atoms with E-state index in [-0.39, 0.29) is 5.92 Å². The van der Waals surface area contributed by atoms with Crippen molar-refractivity contribution >= 4 is 39.5 Å². The minimum atomic E-state index is 0.244. The van der Waals surface area contributed by atoms with Gasteiger partial charge in [-0.2, -0.15) is 0 Å². The molecule has 2 aromatic carbocycles. The molecule has 0 atom stereocenters. The Morgan fingerprint density at radius 3 is 2.25 bits per heavy atom. The average Bonchev–Trinajstić information content (AvgIpc) is 2.57. The van der Waals surface area contributed by atoms with E-state index in [9.17, 15) is 4.79 Å². The highest BCUT2D eigenvalue weighted by Crippen LogP contribution is 2.40. The quantitative estimate of drug-likeness (QED) is 0.379. The van der Waals surface area contributed by atoms with Crippen LogP contribution >= 0.6 is 34.4 Å². The molecule has 3 rings (SSSR count). The number of rotatable bonds is 3. The maximum Gasteiger partial charge on any atom is 0.196 e. The lowest BCUT2D eigenvalue weighted by atomic mass is 9.90. The zero-order valence-corrected chi connectivity index (χ0v) is 17.2. The second-order valence-corrected chi connectivity index (χ2v) is 8.84. The smallest absolute Gasteiger partial charge is 0.196 e. The lowest BCUT2D eigenvalue weighted by Gasteiger charge is -2.21. The molecule has 1 aliphatic rings. The van der Waals surface area contributed by atoms with Crippen LogP contribution < -0.4 is 0 Å². The van der Waals surface area contributed by atoms with Gasteiger partial charge in [0.2, 0.25) is 0 Å². The van der Waals surface area contributed by atoms with Gasteiger partial charge in [0, 0.05) is 14.4 Å². The van der Waals surface area contributed by atoms with Crippen molar-refractivity contribution in [3.05, 3.63) is 51.1 Å². The van der Waals surface area contributed by atoms with Gasteiger partial charge in [-0.05, 0) is 83.7 Å². The molecule has 1 fully saturated rings. The molecule has 0 N–H and O–H groups in total. The van der Waals surface area contributed by atoms with E-state index in [0.29, 0.717) is 5.12 Å². The molecule has 2 aromatic rings. The van der Waals surface area contributed by atoms with E-state index < -0.39 is 0 Å². The van der Waals surface area contributed by atoms with Crippen LogP contribution in [0.5, 0.6) is 0 Å². The minimum absolute atomic E-state index is 0.244. The number of benzene rings is 2. The zero-order valence-electron chi connectivity index (χ0n) is 14.3. The van der Waals surface area contributed by atoms with Gasteiger partial charge in [0.1, 0.15) is 0 Å². The summed E-state index contributed by atoms with van der Waals surface area (Å²) in [6, 6.07) is 12.7. The van der Waals surface area contributed by atoms with Crippen LogP contribution in [0.1, 0.15) is 43.2 Å². The number of hydrogen-bond acceptors (Lipinski definition) is 2. The first kappa shape index (κ1) is 18.0. The maximum absolute atomic E-state index is 12.8. The van der Waals surface area contributed by atoms with Crippen LogP contribution in [-0.4, -0.2) is 5.12 Å². The van der Waals surface area contributed by atoms with E-state index in [2.05, 4.69) is 72.8 Å². The Hall–Kier alpha value is -0.810. The van der Waals surface area contributed by atoms with E-state index in [1.54, 1.807) is 0 Å². The van der Waals surface area contributed by atoms with Gasteiger partial charge in [-0.25, -0.2) is 0 Å². The van der Waals surface area contributed by atoms with Gasteiger partial charge >= 0.3 is 0 Å². The highest BCUT2D eigenvalue weighted by Gasteiger charge is 2.24. The number of halogens is 1. The Balaban J connectivity index is 1.97. The molecule has 0 aliphatic heterocycles. The molecular formula is C21H23IOS. The first-order valence-corrected chi connectivity index (χ1v) is 10.5. The van der Waals surface area contributed by atoms with E-state index in [1.807, 2.05) is 0 Å². The Morgan fingerprint density at radius 1 is 0.958 bits per heavy atom. The molecule has 0 heterocycles. The second-order valence-electron chi connectivity index (χ2n) is 6.64. The normalized spacial score (nSPS) is 15.5. The number of carbonyl (C=O) groups excluding carboxylic acids is 1. The first-order valence-electron chi connectivity index (χ1n) is 8.64. The van der Waals surface area contributed by atoms with Gasteiger partial charge in [-0.15, -0.1) is 0 Å². The van der Waals surface area contributed by atoms with Crippen molar-refractivity contribution in [3.8, 4) is 11.1 Å². The summed E-state index contributed by atoms with van der Waals surface area (Å²) in [6.45, 7) is 4.30. The molecule has 0 amide bonds. The standard InChI is InChI=1S/C21H23IOS/c1-14-8-6-12-17(22)19(14)20-15(2)9-7-13-18(20)24-21(23)16-10-4-3-5-11-16/h6-9,12-13,16H,3-5,10-11H2,1-2H3. The Labute approximate surface area is 162 Å². The lowest BCUT2D eigenvalue weighted by Crippen LogP contribution is -2.14. The molecular weight excluding hydrogens is 427 g/mol. The first-order chi connectivity index (χ1) is 11.6. The summed E-state index contributed by atoms with van der Waals surface area (Å²) >= 11 is 3.87. The number of carbonyl (C=O) groups is 1. The zero-order chi connectivity index (χ0) is 17.1. The molecule has 0 saturated heterocycles. The summed E-state index contributed by atoms with van der Waals surface area (Å²) in [4.78, 5) is 13.9. The third-order valence-electron chi connectivity index (χ3n) is 4.86. The van der Waals surface area contributed by atoms with Gasteiger partial charge in [0.25, 0.3) is 0 Å². The molecule has 1 aliphatic carbocycles. The van der Waals surface area contributed by atoms with Crippen molar-refractivity contribution in [2.45, 2.75) is 50.8 Å². The van der Waals surface area contributed by atoms with Crippen molar-refractivity contribution in [1.82, 2.24) is 0 Å². The van der Waals surface area contributed by atoms with Crippen molar-refractivity contribution in [2.24, 2.45) is 5.92 Å². The number of hydrogen-bond donors (Lipinski definition) is 0. The molecule has 126 valence electrons. The van der Waals surface area contributed by atoms with Gasteiger partial charge in [-0.1, -0.05) is 55.3 Å². The van der Waals surface area contributed by atoms with Crippen molar-refractivity contribution in [3.63, 3.8) is 0 Å². The Morgan fingerprint density at radius 2 is 1.58 bits per heavy atom. The predicted molar refractivity (Wildman–Crippen MR) is 112 cm³/mol. The maximum atomic E-state index is 12.8. The fraction of sp³-hybridized carbons (Fsp3) is 0.381. The number of thioether (sulfide) groups is 1. The average molecular weight is 450 g/mol. The van der Waals surface area contributed by atoms with E-state index >= 15 is 0 Å². The Bertz CT molecular complexity index is 727. The van der Waals surface area contributed by atoms with Gasteiger partial charge in [-0.3, -0.25) is 4.79 Å². The lowest BCUT2D eigenvalue weighted by molar-refractivity contribution is -0.115. The molecule has 0 bridgehead atoms. The third kappa shape index (κ3) is 3.88. The Kier molecular flexibility index (Phi) is 6.03. The highest BCUT2D eigenvalue weighted by atomic mass is 127. The van der Waals surface area contributed by atoms with Crippen LogP contribution in [0.25, 0.3) is 11.1 Å². The summed E-state index contributed by atoms with van der Waals surface area (Å²) in [5.41, 5.74) is 5.01. The largest absolute Gasteiger partial charge is 0.287 e. The molecule has 0 unspecified atom stereocenters. The summed E-state index contributed by atoms with van der Waals surface area (Å²) in [5.74, 6) is 0.244. The van der Waals surface area contributed by atoms with Crippen LogP contribution in [0.2, 0.25) is 0 Å². The third-order valence-corrected chi connectivity index (χ3v) is 6.85. The molecule has 1 nitrogen and oxygen atoms in total. The van der Waals surface area contributed by atoms with E-state index in [4.69, 9.17) is 0 Å². The van der Waals surface area contributed by atoms with Crippen molar-refractivity contribution in [2.75, 3.05) is 0 Å². The highest BCUT2D eigenvalue weighted by molar-refractivity contribution is 14.1. The molecule has 0 aromatic heterocycles. The van der Waals surface area contributed by atoms with Gasteiger partial charge in [0.15, 0.2) is 5.12 Å². The van der Waals surface area contributed by atoms with Crippen molar-refractivity contribution in [1.29, 1.82) is 0 Å². The van der Waals surface area contributed by atoms with Crippen LogP contribution in [0, 0.1) is 23.3 Å². The monoisotopic (exact) mass is 450 g/mol. The summed E-state index contributed by atoms with van der Waals surface area (Å²) in [6.07, 6.45) is 5.82. The minimum Gasteiger partial charge on any atom is -0.287 e. The second kappa shape index (κ2) is 8.05. The summed E-state index contributed by atoms with van der Waals surface area (Å²) < 4.78 is 1.24. The summed E-state index contributed by atoms with van der Waals surface area (Å²) in [7, 11) is 0. The summed E-state index contributed by atoms with van der Waals surface area (Å²) in [5, 5.41) is 0.352. The molecule has 0 spiro atoms. The fourth-order valence-corrected chi connectivity index (χ4v) is 5.56.